The van der Waals surface area contributed by atoms with E-state index < -0.39 is 39.0 Å². The van der Waals surface area contributed by atoms with E-state index in [1.165, 1.54) is 13.0 Å². The van der Waals surface area contributed by atoms with Crippen molar-refractivity contribution in [2.24, 2.45) is 0 Å². The molecule has 1 aromatic carbocycles. The van der Waals surface area contributed by atoms with Crippen molar-refractivity contribution < 1.29 is 40.8 Å². The van der Waals surface area contributed by atoms with E-state index in [9.17, 15) is 36.6 Å². The summed E-state index contributed by atoms with van der Waals surface area (Å²) < 4.78 is 64.5. The summed E-state index contributed by atoms with van der Waals surface area (Å²) >= 11 is 3.69. The Morgan fingerprint density at radius 3 is 2.58 bits per heavy atom. The summed E-state index contributed by atoms with van der Waals surface area (Å²) in [6, 6.07) is 1.27. The summed E-state index contributed by atoms with van der Waals surface area (Å²) in [7, 11) is -6.09. The number of aryl methyl sites for hydroxylation is 1. The fraction of sp³-hybridized carbons (Fsp3) is 0.273. The number of carbonyl (C=O) groups is 1. The molecule has 0 spiro atoms. The highest BCUT2D eigenvalue weighted by atomic mass is 79.9. The fourth-order valence-electron chi connectivity index (χ4n) is 1.85. The van der Waals surface area contributed by atoms with E-state index >= 15 is 0 Å². The Bertz CT molecular complexity index is 924. The van der Waals surface area contributed by atoms with E-state index in [0.29, 0.717) is 11.3 Å². The lowest BCUT2D eigenvalue weighted by molar-refractivity contribution is -0.315. The third-order valence-electron chi connectivity index (χ3n) is 2.83. The molecule has 1 atom stereocenters. The normalized spacial score (nSPS) is 13.9. The minimum absolute atomic E-state index is 0.0376. The lowest BCUT2D eigenvalue weighted by Gasteiger charge is -2.19. The second-order valence-corrected chi connectivity index (χ2v) is 8.27. The van der Waals surface area contributed by atoms with E-state index in [2.05, 4.69) is 25.1 Å². The number of aliphatic hydroxyl groups is 1. The second-order valence-electron chi connectivity index (χ2n) is 4.46. The largest absolute Gasteiger partial charge is 0.547 e. The highest BCUT2D eigenvalue weighted by Gasteiger charge is 2.49. The molecule has 0 aliphatic heterocycles. The number of thiazole rings is 1. The number of aliphatic carboxylic acids is 1. The number of aliphatic hydroxyl groups excluding tert-OH is 1. The Labute approximate surface area is 144 Å². The summed E-state index contributed by atoms with van der Waals surface area (Å²) in [5.74, 6) is -2.99. The van der Waals surface area contributed by atoms with Gasteiger partial charge in [0.05, 0.1) is 16.2 Å². The molecule has 7 nitrogen and oxygen atoms in total. The smallest absolute Gasteiger partial charge is 0.534 e. The number of hydrogen-bond donors (Lipinski definition) is 1. The van der Waals surface area contributed by atoms with Gasteiger partial charge in [-0.3, -0.25) is 0 Å². The molecular formula is C11H6BrF3NO6S2-. The second kappa shape index (κ2) is 6.13. The molecule has 13 heteroatoms. The summed E-state index contributed by atoms with van der Waals surface area (Å²) in [6.07, 6.45) is -2.39. The average molecular weight is 449 g/mol. The van der Waals surface area contributed by atoms with Gasteiger partial charge in [-0.1, -0.05) is 0 Å². The van der Waals surface area contributed by atoms with Crippen LogP contribution in [0.3, 0.4) is 0 Å². The first-order valence-corrected chi connectivity index (χ1v) is 8.86. The molecule has 0 aliphatic carbocycles. The number of aromatic nitrogens is 1. The highest BCUT2D eigenvalue weighted by Crippen LogP contribution is 2.42. The van der Waals surface area contributed by atoms with E-state index in [-0.39, 0.29) is 19.7 Å². The first kappa shape index (κ1) is 18.9. The molecule has 0 saturated carbocycles. The number of nitrogens with zero attached hydrogens (tertiary/aromatic N) is 1. The Balaban J connectivity index is 2.81. The summed E-state index contributed by atoms with van der Waals surface area (Å²) in [5.41, 5.74) is -6.38. The standard InChI is InChI=1S/C11H7BrF3NO6S2/c1-3-2-4-8(23-10(12)16-4)7(5(3)6(17)9(18)19)22-24(20,21)11(13,14)15/h2,6,17H,1H3,(H,18,19)/p-1/t6-/m0/s1. The number of rotatable bonds is 4. The van der Waals surface area contributed by atoms with Crippen LogP contribution in [0.1, 0.15) is 17.2 Å². The van der Waals surface area contributed by atoms with Gasteiger partial charge in [-0.25, -0.2) is 4.98 Å². The molecular weight excluding hydrogens is 443 g/mol. The zero-order chi connectivity index (χ0) is 18.4. The van der Waals surface area contributed by atoms with Gasteiger partial charge >= 0.3 is 15.6 Å². The predicted octanol–water partition coefficient (Wildman–Crippen LogP) is 1.38. The van der Waals surface area contributed by atoms with Gasteiger partial charge in [0.15, 0.2) is 9.67 Å². The molecule has 1 aromatic heterocycles. The topological polar surface area (TPSA) is 117 Å². The molecule has 0 saturated heterocycles. The van der Waals surface area contributed by atoms with Crippen LogP contribution in [0.4, 0.5) is 13.2 Å². The maximum atomic E-state index is 12.6. The molecule has 0 amide bonds. The van der Waals surface area contributed by atoms with Crippen LogP contribution in [0.15, 0.2) is 9.98 Å². The van der Waals surface area contributed by atoms with Gasteiger partial charge in [-0.05, 0) is 34.5 Å². The average Bonchev–Trinajstić information content (AvgIpc) is 2.76. The molecule has 1 heterocycles. The molecule has 0 radical (unpaired) electrons. The zero-order valence-corrected chi connectivity index (χ0v) is 14.6. The van der Waals surface area contributed by atoms with Crippen molar-refractivity contribution in [1.82, 2.24) is 4.98 Å². The van der Waals surface area contributed by atoms with E-state index in [4.69, 9.17) is 0 Å². The molecule has 2 rings (SSSR count). The van der Waals surface area contributed by atoms with Crippen LogP contribution in [-0.2, 0) is 14.9 Å². The number of alkyl halides is 3. The Morgan fingerprint density at radius 2 is 2.08 bits per heavy atom. The van der Waals surface area contributed by atoms with Gasteiger partial charge in [-0.15, -0.1) is 11.3 Å². The SMILES string of the molecule is Cc1cc2nc(Br)sc2c(OS(=O)(=O)C(F)(F)F)c1[C@H](O)C(=O)[O-]. The Morgan fingerprint density at radius 1 is 1.50 bits per heavy atom. The van der Waals surface area contributed by atoms with Crippen molar-refractivity contribution >= 4 is 53.6 Å². The fourth-order valence-corrected chi connectivity index (χ4v) is 3.83. The lowest BCUT2D eigenvalue weighted by Crippen LogP contribution is -2.32. The molecule has 132 valence electrons. The Kier molecular flexibility index (Phi) is 4.82. The highest BCUT2D eigenvalue weighted by molar-refractivity contribution is 9.11. The third kappa shape index (κ3) is 3.34. The number of carboxylic acid groups (broad SMARTS) is 1. The zero-order valence-electron chi connectivity index (χ0n) is 11.4. The van der Waals surface area contributed by atoms with Gasteiger partial charge < -0.3 is 19.2 Å². The molecule has 0 fully saturated rings. The Hall–Kier alpha value is -1.44. The van der Waals surface area contributed by atoms with Gasteiger partial charge in [-0.2, -0.15) is 21.6 Å². The number of hydrogen-bond acceptors (Lipinski definition) is 8. The number of benzene rings is 1. The maximum Gasteiger partial charge on any atom is 0.534 e. The van der Waals surface area contributed by atoms with Gasteiger partial charge in [0.25, 0.3) is 0 Å². The maximum absolute atomic E-state index is 12.6. The first-order valence-electron chi connectivity index (χ1n) is 5.84. The third-order valence-corrected chi connectivity index (χ3v) is 5.30. The molecule has 0 aliphatic rings. The minimum Gasteiger partial charge on any atom is -0.547 e. The van der Waals surface area contributed by atoms with Gasteiger partial charge in [0.2, 0.25) is 0 Å². The first-order chi connectivity index (χ1) is 10.8. The van der Waals surface area contributed by atoms with Crippen LogP contribution < -0.4 is 9.29 Å². The molecule has 0 bridgehead atoms. The lowest BCUT2D eigenvalue weighted by atomic mass is 10.0. The van der Waals surface area contributed by atoms with E-state index in [1.54, 1.807) is 0 Å². The van der Waals surface area contributed by atoms with Crippen molar-refractivity contribution in [1.29, 1.82) is 0 Å². The number of halogens is 4. The molecule has 0 unspecified atom stereocenters. The van der Waals surface area contributed by atoms with Crippen LogP contribution in [0.5, 0.6) is 5.75 Å². The summed E-state index contributed by atoms with van der Waals surface area (Å²) in [5, 5.41) is 20.6. The van der Waals surface area contributed by atoms with Gasteiger partial charge in [0.1, 0.15) is 6.10 Å². The van der Waals surface area contributed by atoms with Crippen LogP contribution in [0.25, 0.3) is 10.2 Å². The number of carbonyl (C=O) groups excluding carboxylic acids is 1. The molecule has 2 aromatic rings. The van der Waals surface area contributed by atoms with E-state index in [0.717, 1.165) is 0 Å². The summed E-state index contributed by atoms with van der Waals surface area (Å²) in [6.45, 7) is 1.25. The van der Waals surface area contributed by atoms with Crippen molar-refractivity contribution in [2.75, 3.05) is 0 Å². The van der Waals surface area contributed by atoms with Crippen LogP contribution in [0.2, 0.25) is 0 Å². The van der Waals surface area contributed by atoms with Crippen molar-refractivity contribution in [3.8, 4) is 5.75 Å². The number of carboxylic acids is 1. The molecule has 24 heavy (non-hydrogen) atoms. The van der Waals surface area contributed by atoms with Crippen LogP contribution >= 0.6 is 27.3 Å². The quantitative estimate of drug-likeness (QED) is 0.554. The number of fused-ring (bicyclic) bond motifs is 1. The summed E-state index contributed by atoms with van der Waals surface area (Å²) in [4.78, 5) is 14.8. The minimum atomic E-state index is -6.09. The molecule has 1 N–H and O–H groups in total. The van der Waals surface area contributed by atoms with Crippen LogP contribution in [0, 0.1) is 6.92 Å². The van der Waals surface area contributed by atoms with Crippen LogP contribution in [-0.4, -0.2) is 30.0 Å². The van der Waals surface area contributed by atoms with Gasteiger partial charge in [0, 0.05) is 5.56 Å². The monoisotopic (exact) mass is 448 g/mol. The van der Waals surface area contributed by atoms with E-state index in [1.807, 2.05) is 0 Å². The van der Waals surface area contributed by atoms with Crippen molar-refractivity contribution in [3.63, 3.8) is 0 Å². The predicted molar refractivity (Wildman–Crippen MR) is 77.6 cm³/mol. The van der Waals surface area contributed by atoms with Crippen molar-refractivity contribution in [3.05, 3.63) is 21.1 Å². The van der Waals surface area contributed by atoms with Crippen molar-refractivity contribution in [2.45, 2.75) is 18.5 Å².